The Bertz CT molecular complexity index is 1690. The van der Waals surface area contributed by atoms with Crippen molar-refractivity contribution in [3.05, 3.63) is 129 Å². The van der Waals surface area contributed by atoms with Crippen LogP contribution in [0.5, 0.6) is 0 Å². The van der Waals surface area contributed by atoms with Gasteiger partial charge < -0.3 is 0 Å². The molecule has 44 heavy (non-hydrogen) atoms. The van der Waals surface area contributed by atoms with Crippen molar-refractivity contribution in [2.75, 3.05) is 0 Å². The van der Waals surface area contributed by atoms with Gasteiger partial charge in [0.25, 0.3) is 0 Å². The van der Waals surface area contributed by atoms with Crippen LogP contribution < -0.4 is 0 Å². The van der Waals surface area contributed by atoms with Gasteiger partial charge in [0.15, 0.2) is 0 Å². The molecular formula is C40H45Cl2HfSi. The van der Waals surface area contributed by atoms with E-state index in [4.69, 9.17) is 17.2 Å². The maximum absolute atomic E-state index is 8.15. The molecule has 0 saturated carbocycles. The standard InChI is InChI=1S/2C20H21.2ClH.Hf.H3Si/c2*1-14-12-16-6-5-7-18(19(16)13-14)15-8-10-17(11-9-15)20(2,3)4;;;;/h2*5-13H,1-4H3;2*1H;;1H3/q;;;;+2;/p-2. The van der Waals surface area contributed by atoms with E-state index in [0.29, 0.717) is 0 Å². The predicted octanol–water partition coefficient (Wildman–Crippen LogP) is 11.5. The molecule has 0 radical (unpaired) electrons. The topological polar surface area (TPSA) is 0 Å². The first-order valence-corrected chi connectivity index (χ1v) is 40.7. The van der Waals surface area contributed by atoms with Crippen LogP contribution in [-0.2, 0) is 26.1 Å². The summed E-state index contributed by atoms with van der Waals surface area (Å²) >= 11 is -4.66. The molecule has 227 valence electrons. The van der Waals surface area contributed by atoms with Crippen molar-refractivity contribution in [1.82, 2.24) is 0 Å². The molecular weight excluding hydrogens is 758 g/mol. The van der Waals surface area contributed by atoms with Crippen LogP contribution >= 0.6 is 17.2 Å². The van der Waals surface area contributed by atoms with Gasteiger partial charge in [-0.25, -0.2) is 0 Å². The summed E-state index contributed by atoms with van der Waals surface area (Å²) < 4.78 is 0.222. The van der Waals surface area contributed by atoms with E-state index in [0.717, 1.165) is 7.43 Å². The van der Waals surface area contributed by atoms with Crippen LogP contribution in [0, 0.1) is 0 Å². The van der Waals surface area contributed by atoms with E-state index in [1.165, 1.54) is 66.8 Å². The van der Waals surface area contributed by atoms with Gasteiger partial charge in [0, 0.05) is 0 Å². The van der Waals surface area contributed by atoms with E-state index in [1.54, 1.807) is 0 Å². The zero-order valence-electron chi connectivity index (χ0n) is 27.6. The van der Waals surface area contributed by atoms with Crippen molar-refractivity contribution < 1.29 is 15.3 Å². The molecule has 4 aromatic rings. The quantitative estimate of drug-likeness (QED) is 0.180. The molecule has 0 N–H and O–H groups in total. The van der Waals surface area contributed by atoms with Gasteiger partial charge in [-0.1, -0.05) is 0 Å². The fraction of sp³-hybridized carbons (Fsp3) is 0.300. The SMILES string of the molecule is CC1=Cc2c(-c3ccc(C(C)(C)C)cc3)cccc2[CH]1[Hf]([SiH3])([Cl])([Cl])[CH]1C(C)=Cc2c(-c3ccc(C(C)(C)C)cc3)cccc21. The van der Waals surface area contributed by atoms with Crippen LogP contribution in [0.4, 0.5) is 0 Å². The molecule has 2 aliphatic rings. The molecule has 0 heterocycles. The van der Waals surface area contributed by atoms with Crippen molar-refractivity contribution in [3.63, 3.8) is 0 Å². The molecule has 6 rings (SSSR count). The van der Waals surface area contributed by atoms with E-state index in [1.807, 2.05) is 0 Å². The molecule has 0 bridgehead atoms. The molecule has 4 heteroatoms. The second kappa shape index (κ2) is 10.8. The molecule has 2 unspecified atom stereocenters. The Labute approximate surface area is 275 Å². The molecule has 0 saturated heterocycles. The number of halogens is 2. The van der Waals surface area contributed by atoms with Crippen LogP contribution in [0.25, 0.3) is 34.4 Å². The Morgan fingerprint density at radius 2 is 0.886 bits per heavy atom. The van der Waals surface area contributed by atoms with Crippen molar-refractivity contribution in [1.29, 1.82) is 0 Å². The van der Waals surface area contributed by atoms with E-state index in [9.17, 15) is 0 Å². The fourth-order valence-electron chi connectivity index (χ4n) is 7.86. The van der Waals surface area contributed by atoms with Crippen molar-refractivity contribution in [3.8, 4) is 22.3 Å². The number of hydrogen-bond donors (Lipinski definition) is 0. The Morgan fingerprint density at radius 3 is 1.20 bits per heavy atom. The van der Waals surface area contributed by atoms with Crippen molar-refractivity contribution in [2.24, 2.45) is 0 Å². The number of allylic oxidation sites excluding steroid dienone is 2. The zero-order valence-corrected chi connectivity index (χ0v) is 34.8. The average molecular weight is 803 g/mol. The van der Waals surface area contributed by atoms with E-state index in [2.05, 4.69) is 152 Å². The third-order valence-electron chi connectivity index (χ3n) is 10.0. The minimum absolute atomic E-state index is 0.111. The molecule has 0 nitrogen and oxygen atoms in total. The summed E-state index contributed by atoms with van der Waals surface area (Å²) in [7, 11) is 17.1. The first-order chi connectivity index (χ1) is 20.5. The Morgan fingerprint density at radius 1 is 0.545 bits per heavy atom. The Hall–Kier alpha value is -1.97. The normalized spacial score (nSPS) is 19.2. The van der Waals surface area contributed by atoms with Gasteiger partial charge in [-0.15, -0.1) is 0 Å². The Kier molecular flexibility index (Phi) is 7.85. The van der Waals surface area contributed by atoms with Gasteiger partial charge in [0.05, 0.1) is 0 Å². The monoisotopic (exact) mass is 803 g/mol. The molecule has 0 amide bonds. The van der Waals surface area contributed by atoms with Gasteiger partial charge in [0.2, 0.25) is 0 Å². The third-order valence-corrected chi connectivity index (χ3v) is 41.8. The first-order valence-electron chi connectivity index (χ1n) is 15.9. The van der Waals surface area contributed by atoms with Crippen molar-refractivity contribution in [2.45, 2.75) is 73.6 Å². The minimum atomic E-state index is -4.66. The second-order valence-corrected chi connectivity index (χ2v) is 77.4. The molecule has 0 fully saturated rings. The summed E-state index contributed by atoms with van der Waals surface area (Å²) in [6.07, 6.45) is 4.77. The molecule has 2 atom stereocenters. The summed E-state index contributed by atoms with van der Waals surface area (Å²) in [5.74, 6) is 0. The third kappa shape index (κ3) is 5.42. The van der Waals surface area contributed by atoms with Gasteiger partial charge in [-0.05, 0) is 0 Å². The van der Waals surface area contributed by atoms with Crippen LogP contribution in [0.3, 0.4) is 0 Å². The van der Waals surface area contributed by atoms with Gasteiger partial charge in [0.1, 0.15) is 0 Å². The van der Waals surface area contributed by atoms with Gasteiger partial charge in [-0.2, -0.15) is 0 Å². The van der Waals surface area contributed by atoms with Crippen LogP contribution in [0.15, 0.2) is 96.1 Å². The van der Waals surface area contributed by atoms with E-state index >= 15 is 0 Å². The second-order valence-electron chi connectivity index (χ2n) is 15.5. The predicted molar refractivity (Wildman–Crippen MR) is 196 cm³/mol. The average Bonchev–Trinajstić information content (AvgIpc) is 3.48. The summed E-state index contributed by atoms with van der Waals surface area (Å²) in [5, 5.41) is 0. The molecule has 4 aromatic carbocycles. The molecule has 0 aromatic heterocycles. The number of benzene rings is 4. The number of fused-ring (bicyclic) bond motifs is 2. The van der Waals surface area contributed by atoms with Crippen LogP contribution in [0.1, 0.15) is 96.1 Å². The molecule has 2 aliphatic carbocycles. The van der Waals surface area contributed by atoms with Gasteiger partial charge in [-0.3, -0.25) is 0 Å². The van der Waals surface area contributed by atoms with Crippen LogP contribution in [0.2, 0.25) is 0 Å². The van der Waals surface area contributed by atoms with E-state index in [-0.39, 0.29) is 18.2 Å². The molecule has 0 aliphatic heterocycles. The molecule has 0 spiro atoms. The zero-order chi connectivity index (χ0) is 31.8. The maximum atomic E-state index is 8.15. The first kappa shape index (κ1) is 32.0. The Balaban J connectivity index is 1.42. The summed E-state index contributed by atoms with van der Waals surface area (Å²) in [4.78, 5) is 0. The fourth-order valence-corrected chi connectivity index (χ4v) is 46.3. The van der Waals surface area contributed by atoms with Gasteiger partial charge >= 0.3 is 277 Å². The van der Waals surface area contributed by atoms with Crippen LogP contribution in [-0.4, -0.2) is 7.43 Å². The summed E-state index contributed by atoms with van der Waals surface area (Å²) in [6, 6.07) is 31.7. The van der Waals surface area contributed by atoms with E-state index < -0.39 is 15.3 Å². The summed E-state index contributed by atoms with van der Waals surface area (Å²) in [5.41, 5.74) is 15.9. The summed E-state index contributed by atoms with van der Waals surface area (Å²) in [6.45, 7) is 18.1. The number of hydrogen-bond acceptors (Lipinski definition) is 0. The number of rotatable bonds is 4. The van der Waals surface area contributed by atoms with Crippen molar-refractivity contribution >= 4 is 36.7 Å².